The van der Waals surface area contributed by atoms with Crippen LogP contribution in [0.2, 0.25) is 0 Å². The Hall–Kier alpha value is -1.63. The van der Waals surface area contributed by atoms with E-state index < -0.39 is 0 Å². The molecule has 1 rings (SSSR count). The summed E-state index contributed by atoms with van der Waals surface area (Å²) in [5.74, 6) is 0. The number of rotatable bonds is 3. The van der Waals surface area contributed by atoms with Crippen LogP contribution < -0.4 is 4.57 Å². The minimum atomic E-state index is 1.22. The maximum absolute atomic E-state index is 3.72. The molecule has 0 saturated carbocycles. The molecule has 0 saturated heterocycles. The molecule has 0 unspecified atom stereocenters. The number of aromatic nitrogens is 1. The molecule has 0 N–H and O–H groups in total. The molecule has 0 fully saturated rings. The van der Waals surface area contributed by atoms with Gasteiger partial charge in [0, 0.05) is 17.7 Å². The molecule has 0 aromatic carbocycles. The Bertz CT molecular complexity index is 411. The maximum atomic E-state index is 3.72. The predicted molar refractivity (Wildman–Crippen MR) is 65.2 cm³/mol. The normalized spacial score (nSPS) is 12.7. The van der Waals surface area contributed by atoms with E-state index in [1.807, 2.05) is 18.2 Å². The van der Waals surface area contributed by atoms with Crippen molar-refractivity contribution in [3.8, 4) is 0 Å². The predicted octanol–water partition coefficient (Wildman–Crippen LogP) is 3.05. The third-order valence-corrected chi connectivity index (χ3v) is 2.41. The van der Waals surface area contributed by atoms with Crippen molar-refractivity contribution in [1.82, 2.24) is 0 Å². The SMILES string of the molecule is C=C/C=C(C)\C(=C/C)c1cccc[n+]1C. The Kier molecular flexibility index (Phi) is 4.04. The largest absolute Gasteiger partial charge is 0.212 e. The van der Waals surface area contributed by atoms with Gasteiger partial charge >= 0.3 is 0 Å². The van der Waals surface area contributed by atoms with E-state index in [0.717, 1.165) is 0 Å². The number of hydrogen-bond donors (Lipinski definition) is 0. The van der Waals surface area contributed by atoms with Crippen LogP contribution in [0.3, 0.4) is 0 Å². The lowest BCUT2D eigenvalue weighted by atomic mass is 10.0. The highest BCUT2D eigenvalue weighted by atomic mass is 14.9. The van der Waals surface area contributed by atoms with Crippen molar-refractivity contribution < 1.29 is 4.57 Å². The first-order chi connectivity index (χ1) is 7.20. The Morgan fingerprint density at radius 1 is 1.40 bits per heavy atom. The maximum Gasteiger partial charge on any atom is 0.212 e. The molecule has 1 heteroatoms. The van der Waals surface area contributed by atoms with E-state index in [1.165, 1.54) is 16.8 Å². The molecule has 1 aromatic heterocycles. The number of hydrogen-bond acceptors (Lipinski definition) is 0. The van der Waals surface area contributed by atoms with Gasteiger partial charge in [0.25, 0.3) is 0 Å². The van der Waals surface area contributed by atoms with Gasteiger partial charge in [0.2, 0.25) is 5.69 Å². The van der Waals surface area contributed by atoms with Gasteiger partial charge in [0.1, 0.15) is 7.05 Å². The van der Waals surface area contributed by atoms with Gasteiger partial charge in [-0.1, -0.05) is 24.8 Å². The minimum Gasteiger partial charge on any atom is -0.201 e. The fourth-order valence-electron chi connectivity index (χ4n) is 1.65. The summed E-state index contributed by atoms with van der Waals surface area (Å²) in [7, 11) is 2.06. The average Bonchev–Trinajstić information content (AvgIpc) is 2.22. The number of pyridine rings is 1. The molecule has 0 aliphatic heterocycles. The second-order valence-corrected chi connectivity index (χ2v) is 3.48. The number of aryl methyl sites for hydroxylation is 1. The summed E-state index contributed by atoms with van der Waals surface area (Å²) >= 11 is 0. The zero-order valence-corrected chi connectivity index (χ0v) is 9.70. The first kappa shape index (κ1) is 11.4. The van der Waals surface area contributed by atoms with Crippen LogP contribution in [0.25, 0.3) is 5.57 Å². The zero-order valence-electron chi connectivity index (χ0n) is 9.70. The lowest BCUT2D eigenvalue weighted by molar-refractivity contribution is -0.673. The molecule has 0 aliphatic rings. The summed E-state index contributed by atoms with van der Waals surface area (Å²) in [5, 5.41) is 0. The fraction of sp³-hybridized carbons (Fsp3) is 0.214. The Morgan fingerprint density at radius 2 is 2.13 bits per heavy atom. The number of allylic oxidation sites excluding steroid dienone is 5. The monoisotopic (exact) mass is 200 g/mol. The molecule has 0 spiro atoms. The minimum absolute atomic E-state index is 1.22. The van der Waals surface area contributed by atoms with E-state index in [9.17, 15) is 0 Å². The molecule has 0 amide bonds. The molecule has 1 nitrogen and oxygen atoms in total. The molecule has 1 heterocycles. The lowest BCUT2D eigenvalue weighted by Gasteiger charge is -2.04. The summed E-state index contributed by atoms with van der Waals surface area (Å²) in [6, 6.07) is 6.21. The molecule has 1 aromatic rings. The van der Waals surface area contributed by atoms with Crippen LogP contribution >= 0.6 is 0 Å². The summed E-state index contributed by atoms with van der Waals surface area (Å²) in [4.78, 5) is 0. The first-order valence-electron chi connectivity index (χ1n) is 5.11. The van der Waals surface area contributed by atoms with Crippen LogP contribution in [0, 0.1) is 0 Å². The molecule has 15 heavy (non-hydrogen) atoms. The molecule has 0 aliphatic carbocycles. The van der Waals surface area contributed by atoms with Crippen molar-refractivity contribution in [3.05, 3.63) is 60.5 Å². The zero-order chi connectivity index (χ0) is 11.3. The third kappa shape index (κ3) is 2.66. The van der Waals surface area contributed by atoms with Crippen LogP contribution in [0.15, 0.2) is 54.8 Å². The van der Waals surface area contributed by atoms with E-state index >= 15 is 0 Å². The van der Waals surface area contributed by atoms with Crippen molar-refractivity contribution in [3.63, 3.8) is 0 Å². The summed E-state index contributed by atoms with van der Waals surface area (Å²) in [6.45, 7) is 7.88. The van der Waals surface area contributed by atoms with Gasteiger partial charge < -0.3 is 0 Å². The van der Waals surface area contributed by atoms with E-state index in [4.69, 9.17) is 0 Å². The van der Waals surface area contributed by atoms with Crippen LogP contribution in [-0.2, 0) is 7.05 Å². The molecular formula is C14H18N+. The van der Waals surface area contributed by atoms with Crippen molar-refractivity contribution >= 4 is 5.57 Å². The van der Waals surface area contributed by atoms with Gasteiger partial charge in [-0.15, -0.1) is 0 Å². The van der Waals surface area contributed by atoms with Crippen molar-refractivity contribution in [2.75, 3.05) is 0 Å². The summed E-state index contributed by atoms with van der Waals surface area (Å²) in [6.07, 6.45) is 8.04. The van der Waals surface area contributed by atoms with Gasteiger partial charge in [-0.25, -0.2) is 4.57 Å². The van der Waals surface area contributed by atoms with Crippen molar-refractivity contribution in [2.24, 2.45) is 7.05 Å². The summed E-state index contributed by atoms with van der Waals surface area (Å²) in [5.41, 5.74) is 3.70. The Balaban J connectivity index is 3.21. The van der Waals surface area contributed by atoms with Crippen LogP contribution in [-0.4, -0.2) is 0 Å². The van der Waals surface area contributed by atoms with Gasteiger partial charge in [0.15, 0.2) is 6.20 Å². The van der Waals surface area contributed by atoms with Gasteiger partial charge in [0.05, 0.1) is 0 Å². The topological polar surface area (TPSA) is 3.88 Å². The second kappa shape index (κ2) is 5.30. The molecular weight excluding hydrogens is 182 g/mol. The smallest absolute Gasteiger partial charge is 0.201 e. The van der Waals surface area contributed by atoms with E-state index in [1.54, 1.807) is 0 Å². The van der Waals surface area contributed by atoms with E-state index in [0.29, 0.717) is 0 Å². The van der Waals surface area contributed by atoms with Gasteiger partial charge in [-0.3, -0.25) is 0 Å². The number of nitrogens with zero attached hydrogens (tertiary/aromatic N) is 1. The van der Waals surface area contributed by atoms with Crippen molar-refractivity contribution in [2.45, 2.75) is 13.8 Å². The van der Waals surface area contributed by atoms with Crippen LogP contribution in [0.1, 0.15) is 19.5 Å². The standard InChI is InChI=1S/C14H18N/c1-5-9-12(3)13(6-2)14-10-7-8-11-15(14)4/h5-11H,1H2,2-4H3/q+1/b12-9-,13-6+. The van der Waals surface area contributed by atoms with Gasteiger partial charge in [-0.05, 0) is 25.5 Å². The van der Waals surface area contributed by atoms with Crippen LogP contribution in [0.5, 0.6) is 0 Å². The van der Waals surface area contributed by atoms with Gasteiger partial charge in [-0.2, -0.15) is 0 Å². The molecule has 78 valence electrons. The van der Waals surface area contributed by atoms with Crippen molar-refractivity contribution in [1.29, 1.82) is 0 Å². The highest BCUT2D eigenvalue weighted by Gasteiger charge is 2.11. The fourth-order valence-corrected chi connectivity index (χ4v) is 1.65. The van der Waals surface area contributed by atoms with E-state index in [2.05, 4.69) is 56.4 Å². The second-order valence-electron chi connectivity index (χ2n) is 3.48. The quantitative estimate of drug-likeness (QED) is 0.521. The average molecular weight is 200 g/mol. The van der Waals surface area contributed by atoms with E-state index in [-0.39, 0.29) is 0 Å². The molecule has 0 radical (unpaired) electrons. The summed E-state index contributed by atoms with van der Waals surface area (Å²) < 4.78 is 2.12. The highest BCUT2D eigenvalue weighted by molar-refractivity contribution is 5.75. The highest BCUT2D eigenvalue weighted by Crippen LogP contribution is 2.19. The first-order valence-corrected chi connectivity index (χ1v) is 5.11. The Labute approximate surface area is 92.1 Å². The Morgan fingerprint density at radius 3 is 2.67 bits per heavy atom. The molecule has 0 atom stereocenters. The lowest BCUT2D eigenvalue weighted by Crippen LogP contribution is -2.32. The van der Waals surface area contributed by atoms with Crippen LogP contribution in [0.4, 0.5) is 0 Å². The molecule has 0 bridgehead atoms. The third-order valence-electron chi connectivity index (χ3n) is 2.41.